The minimum absolute atomic E-state index is 0.199. The van der Waals surface area contributed by atoms with Gasteiger partial charge in [-0.3, -0.25) is 4.79 Å². The first-order valence-corrected chi connectivity index (χ1v) is 8.33. The van der Waals surface area contributed by atoms with Crippen molar-refractivity contribution in [2.45, 2.75) is 6.61 Å². The Kier molecular flexibility index (Phi) is 5.49. The predicted octanol–water partition coefficient (Wildman–Crippen LogP) is 3.98. The summed E-state index contributed by atoms with van der Waals surface area (Å²) in [5.74, 6) is 1.29. The normalized spacial score (nSPS) is 10.2. The molecule has 5 nitrogen and oxygen atoms in total. The fraction of sp³-hybridized carbons (Fsp3) is 0.143. The standard InChI is InChI=1S/C21H21N3O2/c1-24(2)20-12-11-18(14-22-20)23-21(25)17-9-6-10-19(13-17)26-15-16-7-4-3-5-8-16/h3-14H,15H2,1-2H3,(H,23,25). The third kappa shape index (κ3) is 4.60. The van der Waals surface area contributed by atoms with Crippen LogP contribution in [0.5, 0.6) is 5.75 Å². The number of aromatic nitrogens is 1. The van der Waals surface area contributed by atoms with E-state index in [1.54, 1.807) is 18.3 Å². The van der Waals surface area contributed by atoms with Gasteiger partial charge in [-0.25, -0.2) is 4.98 Å². The number of hydrogen-bond donors (Lipinski definition) is 1. The zero-order valence-electron chi connectivity index (χ0n) is 14.8. The number of benzene rings is 2. The van der Waals surface area contributed by atoms with Crippen molar-refractivity contribution in [3.63, 3.8) is 0 Å². The maximum atomic E-state index is 12.5. The number of rotatable bonds is 6. The van der Waals surface area contributed by atoms with Crippen molar-refractivity contribution >= 4 is 17.4 Å². The predicted molar refractivity (Wildman–Crippen MR) is 104 cm³/mol. The monoisotopic (exact) mass is 347 g/mol. The lowest BCUT2D eigenvalue weighted by atomic mass is 10.2. The smallest absolute Gasteiger partial charge is 0.255 e. The molecule has 1 heterocycles. The molecule has 0 aliphatic rings. The molecule has 0 atom stereocenters. The van der Waals surface area contributed by atoms with E-state index in [0.717, 1.165) is 11.4 Å². The average Bonchev–Trinajstić information content (AvgIpc) is 2.68. The summed E-state index contributed by atoms with van der Waals surface area (Å²) in [7, 11) is 3.84. The number of anilines is 2. The van der Waals surface area contributed by atoms with Crippen molar-refractivity contribution in [1.82, 2.24) is 4.98 Å². The molecule has 1 N–H and O–H groups in total. The van der Waals surface area contributed by atoms with Crippen LogP contribution in [0.3, 0.4) is 0 Å². The Morgan fingerprint density at radius 2 is 1.85 bits per heavy atom. The molecule has 0 radical (unpaired) electrons. The number of carbonyl (C=O) groups excluding carboxylic acids is 1. The van der Waals surface area contributed by atoms with Crippen LogP contribution in [0.25, 0.3) is 0 Å². The summed E-state index contributed by atoms with van der Waals surface area (Å²) in [6, 6.07) is 20.7. The number of carbonyl (C=O) groups is 1. The van der Waals surface area contributed by atoms with Crippen LogP contribution in [0.1, 0.15) is 15.9 Å². The highest BCUT2D eigenvalue weighted by Crippen LogP contribution is 2.17. The van der Waals surface area contributed by atoms with Gasteiger partial charge in [-0.15, -0.1) is 0 Å². The van der Waals surface area contributed by atoms with Gasteiger partial charge in [0.2, 0.25) is 0 Å². The SMILES string of the molecule is CN(C)c1ccc(NC(=O)c2cccc(OCc3ccccc3)c2)cn1. The first kappa shape index (κ1) is 17.5. The van der Waals surface area contributed by atoms with Gasteiger partial charge < -0.3 is 15.0 Å². The van der Waals surface area contributed by atoms with Crippen molar-refractivity contribution < 1.29 is 9.53 Å². The molecule has 0 saturated carbocycles. The zero-order chi connectivity index (χ0) is 18.4. The molecule has 0 aliphatic carbocycles. The first-order valence-electron chi connectivity index (χ1n) is 8.33. The minimum Gasteiger partial charge on any atom is -0.489 e. The van der Waals surface area contributed by atoms with E-state index in [0.29, 0.717) is 23.6 Å². The summed E-state index contributed by atoms with van der Waals surface area (Å²) in [4.78, 5) is 18.6. The van der Waals surface area contributed by atoms with Gasteiger partial charge in [-0.2, -0.15) is 0 Å². The molecular formula is C21H21N3O2. The largest absolute Gasteiger partial charge is 0.489 e. The Morgan fingerprint density at radius 3 is 2.54 bits per heavy atom. The van der Waals surface area contributed by atoms with Crippen LogP contribution in [0.4, 0.5) is 11.5 Å². The maximum Gasteiger partial charge on any atom is 0.255 e. The molecule has 0 unspecified atom stereocenters. The molecule has 2 aromatic carbocycles. The van der Waals surface area contributed by atoms with Gasteiger partial charge in [0.15, 0.2) is 0 Å². The molecule has 26 heavy (non-hydrogen) atoms. The van der Waals surface area contributed by atoms with Crippen LogP contribution in [-0.4, -0.2) is 25.0 Å². The highest BCUT2D eigenvalue weighted by molar-refractivity contribution is 6.04. The Balaban J connectivity index is 1.64. The summed E-state index contributed by atoms with van der Waals surface area (Å²) >= 11 is 0. The molecule has 3 rings (SSSR count). The summed E-state index contributed by atoms with van der Waals surface area (Å²) in [5, 5.41) is 2.85. The van der Waals surface area contributed by atoms with Gasteiger partial charge in [0.05, 0.1) is 11.9 Å². The number of pyridine rings is 1. The van der Waals surface area contributed by atoms with Crippen LogP contribution in [0.15, 0.2) is 72.9 Å². The Morgan fingerprint density at radius 1 is 1.04 bits per heavy atom. The molecule has 1 aromatic heterocycles. The van der Waals surface area contributed by atoms with Gasteiger partial charge in [0.25, 0.3) is 5.91 Å². The molecule has 1 amide bonds. The number of nitrogens with zero attached hydrogens (tertiary/aromatic N) is 2. The Hall–Kier alpha value is -3.34. The Labute approximate surface area is 153 Å². The minimum atomic E-state index is -0.199. The van der Waals surface area contributed by atoms with Gasteiger partial charge >= 0.3 is 0 Å². The molecular weight excluding hydrogens is 326 g/mol. The highest BCUT2D eigenvalue weighted by atomic mass is 16.5. The van der Waals surface area contributed by atoms with E-state index in [-0.39, 0.29) is 5.91 Å². The van der Waals surface area contributed by atoms with Crippen LogP contribution in [0.2, 0.25) is 0 Å². The number of amides is 1. The average molecular weight is 347 g/mol. The molecule has 132 valence electrons. The van der Waals surface area contributed by atoms with Crippen molar-refractivity contribution in [3.05, 3.63) is 84.1 Å². The number of nitrogens with one attached hydrogen (secondary N) is 1. The lowest BCUT2D eigenvalue weighted by Gasteiger charge is -2.12. The van der Waals surface area contributed by atoms with Gasteiger partial charge in [-0.1, -0.05) is 36.4 Å². The van der Waals surface area contributed by atoms with E-state index in [4.69, 9.17) is 4.74 Å². The van der Waals surface area contributed by atoms with E-state index in [1.807, 2.05) is 73.6 Å². The fourth-order valence-electron chi connectivity index (χ4n) is 2.40. The molecule has 3 aromatic rings. The van der Waals surface area contributed by atoms with E-state index < -0.39 is 0 Å². The molecule has 0 spiro atoms. The molecule has 0 bridgehead atoms. The van der Waals surface area contributed by atoms with Gasteiger partial charge in [-0.05, 0) is 35.9 Å². The third-order valence-corrected chi connectivity index (χ3v) is 3.81. The third-order valence-electron chi connectivity index (χ3n) is 3.81. The second-order valence-corrected chi connectivity index (χ2v) is 6.06. The molecule has 0 aliphatic heterocycles. The summed E-state index contributed by atoms with van der Waals surface area (Å²) in [6.45, 7) is 0.460. The van der Waals surface area contributed by atoms with Crippen LogP contribution in [0, 0.1) is 0 Å². The first-order chi connectivity index (χ1) is 12.6. The van der Waals surface area contributed by atoms with E-state index in [2.05, 4.69) is 10.3 Å². The molecule has 5 heteroatoms. The molecule has 0 saturated heterocycles. The second-order valence-electron chi connectivity index (χ2n) is 6.06. The highest BCUT2D eigenvalue weighted by Gasteiger charge is 2.08. The fourth-order valence-corrected chi connectivity index (χ4v) is 2.40. The lowest BCUT2D eigenvalue weighted by Crippen LogP contribution is -2.13. The van der Waals surface area contributed by atoms with Crippen molar-refractivity contribution in [3.8, 4) is 5.75 Å². The van der Waals surface area contributed by atoms with Gasteiger partial charge in [0, 0.05) is 19.7 Å². The quantitative estimate of drug-likeness (QED) is 0.733. The topological polar surface area (TPSA) is 54.5 Å². The van der Waals surface area contributed by atoms with Crippen molar-refractivity contribution in [2.75, 3.05) is 24.3 Å². The van der Waals surface area contributed by atoms with Crippen molar-refractivity contribution in [2.24, 2.45) is 0 Å². The van der Waals surface area contributed by atoms with E-state index in [1.165, 1.54) is 0 Å². The summed E-state index contributed by atoms with van der Waals surface area (Å²) in [5.41, 5.74) is 2.26. The maximum absolute atomic E-state index is 12.5. The van der Waals surface area contributed by atoms with Crippen LogP contribution in [-0.2, 0) is 6.61 Å². The summed E-state index contributed by atoms with van der Waals surface area (Å²) < 4.78 is 5.78. The Bertz CT molecular complexity index is 862. The number of ether oxygens (including phenoxy) is 1. The zero-order valence-corrected chi connectivity index (χ0v) is 14.8. The van der Waals surface area contributed by atoms with E-state index >= 15 is 0 Å². The van der Waals surface area contributed by atoms with Crippen molar-refractivity contribution in [1.29, 1.82) is 0 Å². The summed E-state index contributed by atoms with van der Waals surface area (Å²) in [6.07, 6.45) is 1.64. The second kappa shape index (κ2) is 8.16. The van der Waals surface area contributed by atoms with Crippen LogP contribution < -0.4 is 15.0 Å². The van der Waals surface area contributed by atoms with Gasteiger partial charge in [0.1, 0.15) is 18.2 Å². The lowest BCUT2D eigenvalue weighted by molar-refractivity contribution is 0.102. The number of hydrogen-bond acceptors (Lipinski definition) is 4. The van der Waals surface area contributed by atoms with E-state index in [9.17, 15) is 4.79 Å². The molecule has 0 fully saturated rings. The van der Waals surface area contributed by atoms with Crippen LogP contribution >= 0.6 is 0 Å².